The van der Waals surface area contributed by atoms with Crippen LogP contribution in [0.2, 0.25) is 0 Å². The summed E-state index contributed by atoms with van der Waals surface area (Å²) >= 11 is 3.48. The summed E-state index contributed by atoms with van der Waals surface area (Å²) in [5.74, 6) is 0.517. The van der Waals surface area contributed by atoms with Crippen molar-refractivity contribution in [3.8, 4) is 11.5 Å². The van der Waals surface area contributed by atoms with Gasteiger partial charge in [0.05, 0.1) is 23.6 Å². The van der Waals surface area contributed by atoms with E-state index in [1.165, 1.54) is 0 Å². The van der Waals surface area contributed by atoms with Gasteiger partial charge in [-0.2, -0.15) is 0 Å². The summed E-state index contributed by atoms with van der Waals surface area (Å²) in [6.45, 7) is 5.13. The highest BCUT2D eigenvalue weighted by Crippen LogP contribution is 2.37. The van der Waals surface area contributed by atoms with Crippen LogP contribution < -0.4 is 20.5 Å². The molecule has 0 spiro atoms. The maximum atomic E-state index is 11.0. The van der Waals surface area contributed by atoms with Gasteiger partial charge in [-0.15, -0.1) is 0 Å². The fourth-order valence-electron chi connectivity index (χ4n) is 1.62. The Bertz CT molecular complexity index is 466. The maximum absolute atomic E-state index is 11.0. The van der Waals surface area contributed by atoms with Crippen LogP contribution in [-0.4, -0.2) is 26.2 Å². The van der Waals surface area contributed by atoms with Gasteiger partial charge >= 0.3 is 0 Å². The first-order valence-corrected chi connectivity index (χ1v) is 7.30. The van der Waals surface area contributed by atoms with E-state index in [2.05, 4.69) is 21.2 Å². The second-order valence-corrected chi connectivity index (χ2v) is 5.34. The monoisotopic (exact) mass is 344 g/mol. The largest absolute Gasteiger partial charge is 0.490 e. The van der Waals surface area contributed by atoms with E-state index in [0.29, 0.717) is 18.1 Å². The molecule has 0 saturated carbocycles. The summed E-state index contributed by atoms with van der Waals surface area (Å²) in [5.41, 5.74) is 6.31. The van der Waals surface area contributed by atoms with Crippen molar-refractivity contribution in [2.24, 2.45) is 11.7 Å². The molecule has 3 N–H and O–H groups in total. The molecule has 0 aliphatic rings. The van der Waals surface area contributed by atoms with Crippen LogP contribution in [0.4, 0.5) is 0 Å². The number of ether oxygens (including phenoxy) is 2. The molecule has 0 bridgehead atoms. The molecule has 0 saturated heterocycles. The van der Waals surface area contributed by atoms with E-state index in [-0.39, 0.29) is 18.4 Å². The molecular formula is C14H21BrN2O3. The number of primary amides is 1. The molecule has 0 aromatic heterocycles. The summed E-state index contributed by atoms with van der Waals surface area (Å²) in [4.78, 5) is 11.0. The number of carbonyl (C=O) groups is 1. The zero-order chi connectivity index (χ0) is 15.1. The number of halogens is 1. The van der Waals surface area contributed by atoms with Gasteiger partial charge in [-0.05, 0) is 47.6 Å². The molecule has 1 atom stereocenters. The fraction of sp³-hybridized carbons (Fsp3) is 0.500. The van der Waals surface area contributed by atoms with Crippen LogP contribution in [0.3, 0.4) is 0 Å². The zero-order valence-electron chi connectivity index (χ0n) is 12.0. The van der Waals surface area contributed by atoms with Crippen molar-refractivity contribution in [3.63, 3.8) is 0 Å². The highest BCUT2D eigenvalue weighted by molar-refractivity contribution is 9.10. The number of amides is 1. The first-order chi connectivity index (χ1) is 9.49. The third-order valence-corrected chi connectivity index (χ3v) is 3.30. The van der Waals surface area contributed by atoms with Crippen LogP contribution in [-0.2, 0) is 11.3 Å². The third kappa shape index (κ3) is 4.68. The normalized spacial score (nSPS) is 12.0. The Kier molecular flexibility index (Phi) is 6.81. The van der Waals surface area contributed by atoms with E-state index in [9.17, 15) is 4.79 Å². The highest BCUT2D eigenvalue weighted by Gasteiger charge is 2.15. The van der Waals surface area contributed by atoms with Gasteiger partial charge in [-0.1, -0.05) is 6.92 Å². The predicted octanol–water partition coefficient (Wildman–Crippen LogP) is 2.07. The molecule has 0 fully saturated rings. The predicted molar refractivity (Wildman–Crippen MR) is 81.9 cm³/mol. The molecule has 1 rings (SSSR count). The quantitative estimate of drug-likeness (QED) is 0.757. The number of rotatable bonds is 8. The number of carbonyl (C=O) groups excluding carboxylic acids is 1. The second-order valence-electron chi connectivity index (χ2n) is 4.48. The van der Waals surface area contributed by atoms with Gasteiger partial charge in [-0.3, -0.25) is 4.79 Å². The Morgan fingerprint density at radius 2 is 2.15 bits per heavy atom. The van der Waals surface area contributed by atoms with E-state index in [1.54, 1.807) is 6.92 Å². The van der Waals surface area contributed by atoms with E-state index >= 15 is 0 Å². The number of hydrogen-bond acceptors (Lipinski definition) is 4. The van der Waals surface area contributed by atoms with Crippen LogP contribution in [0.5, 0.6) is 11.5 Å². The molecule has 6 heteroatoms. The van der Waals surface area contributed by atoms with Crippen LogP contribution in [0, 0.1) is 5.92 Å². The third-order valence-electron chi connectivity index (χ3n) is 2.71. The van der Waals surface area contributed by atoms with E-state index in [1.807, 2.05) is 26.1 Å². The van der Waals surface area contributed by atoms with Gasteiger partial charge in [0.25, 0.3) is 0 Å². The lowest BCUT2D eigenvalue weighted by Gasteiger charge is -2.17. The lowest BCUT2D eigenvalue weighted by Crippen LogP contribution is -2.26. The van der Waals surface area contributed by atoms with E-state index < -0.39 is 0 Å². The highest BCUT2D eigenvalue weighted by atomic mass is 79.9. The summed E-state index contributed by atoms with van der Waals surface area (Å²) in [6, 6.07) is 3.89. The van der Waals surface area contributed by atoms with Crippen LogP contribution in [0.25, 0.3) is 0 Å². The number of nitrogens with one attached hydrogen (secondary N) is 1. The molecule has 112 valence electrons. The number of nitrogens with two attached hydrogens (primary N) is 1. The summed E-state index contributed by atoms with van der Waals surface area (Å²) in [5, 5.41) is 3.09. The van der Waals surface area contributed by atoms with Gasteiger partial charge in [0.1, 0.15) is 0 Å². The van der Waals surface area contributed by atoms with Gasteiger partial charge < -0.3 is 20.5 Å². The van der Waals surface area contributed by atoms with Crippen LogP contribution >= 0.6 is 15.9 Å². The Hall–Kier alpha value is -1.27. The molecular weight excluding hydrogens is 324 g/mol. The zero-order valence-corrected chi connectivity index (χ0v) is 13.6. The van der Waals surface area contributed by atoms with Crippen molar-refractivity contribution in [3.05, 3.63) is 22.2 Å². The average molecular weight is 345 g/mol. The molecule has 1 amide bonds. The first-order valence-electron chi connectivity index (χ1n) is 6.51. The number of hydrogen-bond donors (Lipinski definition) is 2. The molecule has 1 aromatic carbocycles. The minimum Gasteiger partial charge on any atom is -0.490 e. The Morgan fingerprint density at radius 1 is 1.45 bits per heavy atom. The fourth-order valence-corrected chi connectivity index (χ4v) is 2.22. The molecule has 1 unspecified atom stereocenters. The molecule has 0 aliphatic carbocycles. The Morgan fingerprint density at radius 3 is 2.70 bits per heavy atom. The van der Waals surface area contributed by atoms with E-state index in [0.717, 1.165) is 16.6 Å². The van der Waals surface area contributed by atoms with Crippen molar-refractivity contribution in [2.75, 3.05) is 20.3 Å². The van der Waals surface area contributed by atoms with Crippen molar-refractivity contribution in [1.29, 1.82) is 0 Å². The molecule has 20 heavy (non-hydrogen) atoms. The van der Waals surface area contributed by atoms with Crippen molar-refractivity contribution >= 4 is 21.8 Å². The van der Waals surface area contributed by atoms with Gasteiger partial charge in [0.15, 0.2) is 11.5 Å². The van der Waals surface area contributed by atoms with Crippen molar-refractivity contribution in [2.45, 2.75) is 20.4 Å². The van der Waals surface area contributed by atoms with Crippen LogP contribution in [0.15, 0.2) is 16.6 Å². The SMILES string of the molecule is CCOc1cc(CNC)cc(Br)c1OCC(C)C(N)=O. The van der Waals surface area contributed by atoms with E-state index in [4.69, 9.17) is 15.2 Å². The summed E-state index contributed by atoms with van der Waals surface area (Å²) in [7, 11) is 1.88. The first kappa shape index (κ1) is 16.8. The van der Waals surface area contributed by atoms with Crippen molar-refractivity contribution < 1.29 is 14.3 Å². The molecule has 0 aliphatic heterocycles. The molecule has 0 heterocycles. The lowest BCUT2D eigenvalue weighted by molar-refractivity contribution is -0.122. The molecule has 1 aromatic rings. The minimum absolute atomic E-state index is 0.222. The Labute approximate surface area is 127 Å². The number of benzene rings is 1. The minimum atomic E-state index is -0.383. The van der Waals surface area contributed by atoms with Gasteiger partial charge in [0, 0.05) is 6.54 Å². The topological polar surface area (TPSA) is 73.6 Å². The van der Waals surface area contributed by atoms with Gasteiger partial charge in [0.2, 0.25) is 5.91 Å². The lowest BCUT2D eigenvalue weighted by atomic mass is 10.2. The van der Waals surface area contributed by atoms with Crippen LogP contribution in [0.1, 0.15) is 19.4 Å². The molecule has 5 nitrogen and oxygen atoms in total. The maximum Gasteiger partial charge on any atom is 0.223 e. The molecule has 0 radical (unpaired) electrons. The summed E-state index contributed by atoms with van der Waals surface area (Å²) in [6.07, 6.45) is 0. The standard InChI is InChI=1S/C14H21BrN2O3/c1-4-19-12-6-10(7-17-3)5-11(15)13(12)20-8-9(2)14(16)18/h5-6,9,17H,4,7-8H2,1-3H3,(H2,16,18). The smallest absolute Gasteiger partial charge is 0.223 e. The van der Waals surface area contributed by atoms with Gasteiger partial charge in [-0.25, -0.2) is 0 Å². The Balaban J connectivity index is 2.95. The van der Waals surface area contributed by atoms with Crippen molar-refractivity contribution in [1.82, 2.24) is 5.32 Å². The summed E-state index contributed by atoms with van der Waals surface area (Å²) < 4.78 is 12.1. The second kappa shape index (κ2) is 8.11. The average Bonchev–Trinajstić information content (AvgIpc) is 2.38.